The Labute approximate surface area is 118 Å². The van der Waals surface area contributed by atoms with Crippen LogP contribution in [-0.2, 0) is 4.79 Å². The number of nitrogens with zero attached hydrogens (tertiary/aromatic N) is 3. The average Bonchev–Trinajstić information content (AvgIpc) is 2.90. The molecule has 2 heterocycles. The first kappa shape index (κ1) is 13.3. The highest BCUT2D eigenvalue weighted by molar-refractivity contribution is 5.80. The third kappa shape index (κ3) is 2.50. The highest BCUT2D eigenvalue weighted by Crippen LogP contribution is 2.22. The van der Waals surface area contributed by atoms with Crippen LogP contribution in [0.3, 0.4) is 0 Å². The van der Waals surface area contributed by atoms with Crippen molar-refractivity contribution >= 4 is 28.6 Å². The Kier molecular flexibility index (Phi) is 3.18. The van der Waals surface area contributed by atoms with Crippen LogP contribution in [-0.4, -0.2) is 51.6 Å². The number of benzene rings is 1. The van der Waals surface area contributed by atoms with Crippen LogP contribution < -0.4 is 10.2 Å². The van der Waals surface area contributed by atoms with Gasteiger partial charge in [-0.15, -0.1) is 0 Å². The summed E-state index contributed by atoms with van der Waals surface area (Å²) in [5.74, 6) is -0.385. The van der Waals surface area contributed by atoms with Crippen LogP contribution in [0.5, 0.6) is 0 Å². The number of non-ortho nitro benzene ring substituents is 1. The van der Waals surface area contributed by atoms with Gasteiger partial charge in [0.25, 0.3) is 5.69 Å². The first-order valence-corrected chi connectivity index (χ1v) is 6.40. The molecule has 1 aliphatic rings. The van der Waals surface area contributed by atoms with Gasteiger partial charge >= 0.3 is 5.97 Å². The van der Waals surface area contributed by atoms with Gasteiger partial charge in [-0.1, -0.05) is 0 Å². The molecule has 2 aromatic rings. The van der Waals surface area contributed by atoms with Crippen molar-refractivity contribution in [1.29, 1.82) is 0 Å². The van der Waals surface area contributed by atoms with Gasteiger partial charge in [0.15, 0.2) is 0 Å². The maximum Gasteiger partial charge on any atom is 0.322 e. The van der Waals surface area contributed by atoms with E-state index in [1.54, 1.807) is 6.07 Å². The Balaban J connectivity index is 1.90. The van der Waals surface area contributed by atoms with Crippen molar-refractivity contribution < 1.29 is 14.8 Å². The number of rotatable bonds is 3. The lowest BCUT2D eigenvalue weighted by atomic mass is 10.2. The number of nitro benzene ring substituents is 1. The number of carboxylic acids is 1. The van der Waals surface area contributed by atoms with Crippen LogP contribution in [0.25, 0.3) is 11.0 Å². The summed E-state index contributed by atoms with van der Waals surface area (Å²) in [5, 5.41) is 22.7. The Morgan fingerprint density at radius 2 is 2.33 bits per heavy atom. The largest absolute Gasteiger partial charge is 0.480 e. The molecular weight excluding hydrogens is 278 g/mol. The quantitative estimate of drug-likeness (QED) is 0.550. The van der Waals surface area contributed by atoms with Gasteiger partial charge in [0, 0.05) is 31.8 Å². The number of imidazole rings is 1. The smallest absolute Gasteiger partial charge is 0.322 e. The van der Waals surface area contributed by atoms with Gasteiger partial charge < -0.3 is 20.3 Å². The number of hydrogen-bond donors (Lipinski definition) is 3. The molecule has 0 radical (unpaired) electrons. The van der Waals surface area contributed by atoms with E-state index in [2.05, 4.69) is 15.3 Å². The number of aromatic nitrogens is 2. The van der Waals surface area contributed by atoms with Crippen molar-refractivity contribution in [1.82, 2.24) is 15.3 Å². The van der Waals surface area contributed by atoms with Crippen molar-refractivity contribution in [2.24, 2.45) is 0 Å². The highest BCUT2D eigenvalue weighted by Gasteiger charge is 2.26. The second-order valence-corrected chi connectivity index (χ2v) is 4.81. The second-order valence-electron chi connectivity index (χ2n) is 4.81. The molecule has 0 bridgehead atoms. The molecule has 0 unspecified atom stereocenters. The molecule has 0 spiro atoms. The van der Waals surface area contributed by atoms with Gasteiger partial charge in [-0.25, -0.2) is 4.98 Å². The first-order valence-electron chi connectivity index (χ1n) is 6.40. The lowest BCUT2D eigenvalue weighted by Crippen LogP contribution is -2.54. The number of carboxylic acid groups (broad SMARTS) is 1. The summed E-state index contributed by atoms with van der Waals surface area (Å²) in [6.07, 6.45) is 0. The van der Waals surface area contributed by atoms with E-state index >= 15 is 0 Å². The molecule has 0 amide bonds. The Bertz CT molecular complexity index is 713. The standard InChI is InChI=1S/C12H13N5O4/c18-11(19)10-6-16(4-3-13-10)12-14-8-2-1-7(17(20)21)5-9(8)15-12/h1-2,5,10,13H,3-4,6H2,(H,14,15)(H,18,19)/t10-/m1/s1. The highest BCUT2D eigenvalue weighted by atomic mass is 16.6. The van der Waals surface area contributed by atoms with E-state index in [4.69, 9.17) is 5.11 Å². The zero-order valence-electron chi connectivity index (χ0n) is 10.9. The molecule has 1 atom stereocenters. The van der Waals surface area contributed by atoms with Crippen LogP contribution >= 0.6 is 0 Å². The van der Waals surface area contributed by atoms with Crippen LogP contribution in [0.2, 0.25) is 0 Å². The Morgan fingerprint density at radius 1 is 1.52 bits per heavy atom. The summed E-state index contributed by atoms with van der Waals surface area (Å²) in [6, 6.07) is 3.74. The molecule has 3 N–H and O–H groups in total. The van der Waals surface area contributed by atoms with Gasteiger partial charge in [0.05, 0.1) is 16.0 Å². The van der Waals surface area contributed by atoms with Gasteiger partial charge in [-0.3, -0.25) is 14.9 Å². The number of anilines is 1. The number of nitrogens with one attached hydrogen (secondary N) is 2. The van der Waals surface area contributed by atoms with Crippen LogP contribution in [0.15, 0.2) is 18.2 Å². The van der Waals surface area contributed by atoms with Crippen LogP contribution in [0, 0.1) is 10.1 Å². The molecule has 110 valence electrons. The van der Waals surface area contributed by atoms with Crippen molar-refractivity contribution in [3.05, 3.63) is 28.3 Å². The molecule has 1 saturated heterocycles. The van der Waals surface area contributed by atoms with E-state index in [9.17, 15) is 14.9 Å². The molecule has 9 heteroatoms. The molecule has 1 fully saturated rings. The normalized spacial score (nSPS) is 18.9. The van der Waals surface area contributed by atoms with E-state index in [0.29, 0.717) is 30.1 Å². The van der Waals surface area contributed by atoms with E-state index in [1.807, 2.05) is 4.90 Å². The second kappa shape index (κ2) is 5.02. The summed E-state index contributed by atoms with van der Waals surface area (Å²) in [7, 11) is 0. The van der Waals surface area contributed by atoms with Crippen LogP contribution in [0.1, 0.15) is 0 Å². The minimum absolute atomic E-state index is 0.0126. The third-order valence-electron chi connectivity index (χ3n) is 3.44. The number of hydrogen-bond acceptors (Lipinski definition) is 6. The van der Waals surface area contributed by atoms with Crippen molar-refractivity contribution in [2.45, 2.75) is 6.04 Å². The van der Waals surface area contributed by atoms with Crippen molar-refractivity contribution in [2.75, 3.05) is 24.5 Å². The maximum atomic E-state index is 11.0. The summed E-state index contributed by atoms with van der Waals surface area (Å²) < 4.78 is 0. The van der Waals surface area contributed by atoms with Crippen molar-refractivity contribution in [3.63, 3.8) is 0 Å². The minimum Gasteiger partial charge on any atom is -0.480 e. The molecule has 1 aromatic carbocycles. The number of aliphatic carboxylic acids is 1. The minimum atomic E-state index is -0.911. The van der Waals surface area contributed by atoms with Crippen LogP contribution in [0.4, 0.5) is 11.6 Å². The Morgan fingerprint density at radius 3 is 3.05 bits per heavy atom. The first-order chi connectivity index (χ1) is 10.0. The monoisotopic (exact) mass is 291 g/mol. The Hall–Kier alpha value is -2.68. The lowest BCUT2D eigenvalue weighted by Gasteiger charge is -2.31. The summed E-state index contributed by atoms with van der Waals surface area (Å²) in [6.45, 7) is 1.44. The fraction of sp³-hybridized carbons (Fsp3) is 0.333. The van der Waals surface area contributed by atoms with Gasteiger partial charge in [0.2, 0.25) is 5.95 Å². The van der Waals surface area contributed by atoms with Gasteiger partial charge in [-0.05, 0) is 6.07 Å². The molecule has 21 heavy (non-hydrogen) atoms. The lowest BCUT2D eigenvalue weighted by molar-refractivity contribution is -0.384. The van der Waals surface area contributed by atoms with Crippen molar-refractivity contribution in [3.8, 4) is 0 Å². The van der Waals surface area contributed by atoms with E-state index in [0.717, 1.165) is 0 Å². The zero-order chi connectivity index (χ0) is 15.0. The predicted molar refractivity (Wildman–Crippen MR) is 74.4 cm³/mol. The molecule has 1 aromatic heterocycles. The molecule has 0 aliphatic carbocycles. The molecular formula is C12H13N5O4. The predicted octanol–water partition coefficient (Wildman–Crippen LogP) is 0.334. The molecule has 3 rings (SSSR count). The molecule has 1 aliphatic heterocycles. The number of nitro groups is 1. The fourth-order valence-corrected chi connectivity index (χ4v) is 2.36. The summed E-state index contributed by atoms with van der Waals surface area (Å²) in [4.78, 5) is 30.5. The average molecular weight is 291 g/mol. The number of fused-ring (bicyclic) bond motifs is 1. The molecule has 0 saturated carbocycles. The SMILES string of the molecule is O=C(O)[C@H]1CN(c2nc3ccc([N+](=O)[O-])cc3[nH]2)CCN1. The zero-order valence-corrected chi connectivity index (χ0v) is 10.9. The van der Waals surface area contributed by atoms with E-state index in [1.165, 1.54) is 12.1 Å². The number of aromatic amines is 1. The summed E-state index contributed by atoms with van der Waals surface area (Å²) in [5.41, 5.74) is 1.16. The number of carbonyl (C=O) groups is 1. The summed E-state index contributed by atoms with van der Waals surface area (Å²) >= 11 is 0. The van der Waals surface area contributed by atoms with E-state index in [-0.39, 0.29) is 12.2 Å². The van der Waals surface area contributed by atoms with Gasteiger partial charge in [0.1, 0.15) is 6.04 Å². The maximum absolute atomic E-state index is 11.0. The van der Waals surface area contributed by atoms with E-state index < -0.39 is 16.9 Å². The topological polar surface area (TPSA) is 124 Å². The van der Waals surface area contributed by atoms with Gasteiger partial charge in [-0.2, -0.15) is 0 Å². The molecule has 9 nitrogen and oxygen atoms in total. The number of piperazine rings is 1. The number of H-pyrrole nitrogens is 1. The fourth-order valence-electron chi connectivity index (χ4n) is 2.36. The third-order valence-corrected chi connectivity index (χ3v) is 3.44.